The Morgan fingerprint density at radius 3 is 2.32 bits per heavy atom. The molecule has 0 radical (unpaired) electrons. The van der Waals surface area contributed by atoms with Crippen LogP contribution in [0.25, 0.3) is 0 Å². The van der Waals surface area contributed by atoms with Crippen LogP contribution in [0.4, 0.5) is 0 Å². The average Bonchev–Trinajstić information content (AvgIpc) is 2.97. The first kappa shape index (κ1) is 17.4. The lowest BCUT2D eigenvalue weighted by Crippen LogP contribution is -2.19. The molecule has 6 nitrogen and oxygen atoms in total. The number of aliphatic hydroxyl groups excluding tert-OH is 1. The second-order valence-corrected chi connectivity index (χ2v) is 6.15. The number of phenolic OH excluding ortho intramolecular Hbond substituents is 2. The van der Waals surface area contributed by atoms with Crippen molar-refractivity contribution in [2.24, 2.45) is 5.92 Å². The summed E-state index contributed by atoms with van der Waals surface area (Å²) in [7, 11) is 2.99. The number of rotatable bonds is 5. The zero-order chi connectivity index (χ0) is 18.0. The van der Waals surface area contributed by atoms with E-state index in [1.807, 2.05) is 6.07 Å². The summed E-state index contributed by atoms with van der Waals surface area (Å²) in [4.78, 5) is 0. The van der Waals surface area contributed by atoms with Gasteiger partial charge in [-0.05, 0) is 47.7 Å². The number of benzene rings is 2. The largest absolute Gasteiger partial charge is 0.504 e. The van der Waals surface area contributed by atoms with Crippen LogP contribution in [0, 0.1) is 5.92 Å². The SMILES string of the molecule is COc1cc(C[C@H]2CO[C@H](O)[C@@H]2c2ccc(O)c(OC)c2)ccc1O. The van der Waals surface area contributed by atoms with E-state index in [0.717, 1.165) is 11.1 Å². The maximum absolute atomic E-state index is 10.3. The third kappa shape index (κ3) is 3.50. The first-order valence-corrected chi connectivity index (χ1v) is 8.06. The summed E-state index contributed by atoms with van der Waals surface area (Å²) in [5, 5.41) is 29.8. The van der Waals surface area contributed by atoms with E-state index in [0.29, 0.717) is 24.5 Å². The van der Waals surface area contributed by atoms with Crippen LogP contribution in [-0.2, 0) is 11.2 Å². The van der Waals surface area contributed by atoms with Crippen LogP contribution in [-0.4, -0.2) is 42.4 Å². The molecule has 1 saturated heterocycles. The van der Waals surface area contributed by atoms with Gasteiger partial charge in [-0.25, -0.2) is 0 Å². The Hall–Kier alpha value is -2.44. The summed E-state index contributed by atoms with van der Waals surface area (Å²) in [6.07, 6.45) is -0.264. The van der Waals surface area contributed by atoms with Crippen molar-refractivity contribution in [3.63, 3.8) is 0 Å². The van der Waals surface area contributed by atoms with Crippen molar-refractivity contribution in [1.82, 2.24) is 0 Å². The van der Waals surface area contributed by atoms with E-state index in [-0.39, 0.29) is 23.3 Å². The van der Waals surface area contributed by atoms with Gasteiger partial charge in [-0.1, -0.05) is 12.1 Å². The van der Waals surface area contributed by atoms with Crippen molar-refractivity contribution in [2.75, 3.05) is 20.8 Å². The number of hydrogen-bond donors (Lipinski definition) is 3. The Balaban J connectivity index is 1.86. The number of methoxy groups -OCH3 is 2. The molecule has 25 heavy (non-hydrogen) atoms. The van der Waals surface area contributed by atoms with Gasteiger partial charge in [0.2, 0.25) is 0 Å². The number of phenols is 2. The molecule has 6 heteroatoms. The molecule has 1 aliphatic rings. The molecule has 2 aromatic rings. The first-order valence-electron chi connectivity index (χ1n) is 8.06. The van der Waals surface area contributed by atoms with Crippen molar-refractivity contribution >= 4 is 0 Å². The lowest BCUT2D eigenvalue weighted by molar-refractivity contribution is -0.0678. The van der Waals surface area contributed by atoms with E-state index in [1.165, 1.54) is 14.2 Å². The summed E-state index contributed by atoms with van der Waals surface area (Å²) >= 11 is 0. The van der Waals surface area contributed by atoms with Crippen molar-refractivity contribution < 1.29 is 29.5 Å². The Morgan fingerprint density at radius 1 is 1.00 bits per heavy atom. The van der Waals surface area contributed by atoms with Gasteiger partial charge >= 0.3 is 0 Å². The number of hydrogen-bond acceptors (Lipinski definition) is 6. The highest BCUT2D eigenvalue weighted by Gasteiger charge is 2.37. The van der Waals surface area contributed by atoms with Gasteiger partial charge in [-0.2, -0.15) is 0 Å². The molecule has 3 atom stereocenters. The predicted molar refractivity (Wildman–Crippen MR) is 91.2 cm³/mol. The molecule has 3 rings (SSSR count). The first-order chi connectivity index (χ1) is 12.0. The predicted octanol–water partition coefficient (Wildman–Crippen LogP) is 2.41. The van der Waals surface area contributed by atoms with Crippen molar-refractivity contribution in [3.05, 3.63) is 47.5 Å². The second-order valence-electron chi connectivity index (χ2n) is 6.15. The van der Waals surface area contributed by atoms with Crippen LogP contribution in [0.5, 0.6) is 23.0 Å². The molecule has 134 valence electrons. The lowest BCUT2D eigenvalue weighted by atomic mass is 9.83. The lowest BCUT2D eigenvalue weighted by Gasteiger charge is -2.21. The van der Waals surface area contributed by atoms with Crippen LogP contribution in [0.3, 0.4) is 0 Å². The van der Waals surface area contributed by atoms with Crippen LogP contribution in [0.15, 0.2) is 36.4 Å². The minimum absolute atomic E-state index is 0.0403. The fourth-order valence-electron chi connectivity index (χ4n) is 3.34. The van der Waals surface area contributed by atoms with Gasteiger partial charge in [-0.15, -0.1) is 0 Å². The zero-order valence-electron chi connectivity index (χ0n) is 14.2. The van der Waals surface area contributed by atoms with Crippen LogP contribution >= 0.6 is 0 Å². The fraction of sp³-hybridized carbons (Fsp3) is 0.368. The van der Waals surface area contributed by atoms with Crippen molar-refractivity contribution in [1.29, 1.82) is 0 Å². The number of ether oxygens (including phenoxy) is 3. The molecular weight excluding hydrogens is 324 g/mol. The topological polar surface area (TPSA) is 88.4 Å². The Kier molecular flexibility index (Phi) is 5.01. The van der Waals surface area contributed by atoms with Gasteiger partial charge in [0.1, 0.15) is 0 Å². The van der Waals surface area contributed by atoms with E-state index in [2.05, 4.69) is 0 Å². The quantitative estimate of drug-likeness (QED) is 0.770. The summed E-state index contributed by atoms with van der Waals surface area (Å²) in [5.74, 6) is 0.725. The summed E-state index contributed by atoms with van der Waals surface area (Å²) in [6, 6.07) is 10.3. The highest BCUT2D eigenvalue weighted by molar-refractivity contribution is 5.44. The highest BCUT2D eigenvalue weighted by atomic mass is 16.6. The van der Waals surface area contributed by atoms with Crippen LogP contribution in [0.2, 0.25) is 0 Å². The Bertz CT molecular complexity index is 745. The van der Waals surface area contributed by atoms with Crippen LogP contribution < -0.4 is 9.47 Å². The van der Waals surface area contributed by atoms with Gasteiger partial charge in [0.15, 0.2) is 29.3 Å². The zero-order valence-corrected chi connectivity index (χ0v) is 14.2. The van der Waals surface area contributed by atoms with E-state index in [9.17, 15) is 15.3 Å². The summed E-state index contributed by atoms with van der Waals surface area (Å²) in [6.45, 7) is 0.415. The van der Waals surface area contributed by atoms with Crippen molar-refractivity contribution in [3.8, 4) is 23.0 Å². The van der Waals surface area contributed by atoms with Gasteiger partial charge in [0, 0.05) is 5.92 Å². The normalized spacial score (nSPS) is 22.8. The molecule has 0 spiro atoms. The summed E-state index contributed by atoms with van der Waals surface area (Å²) < 4.78 is 15.8. The van der Waals surface area contributed by atoms with E-state index in [1.54, 1.807) is 30.3 Å². The number of aliphatic hydroxyl groups is 1. The molecule has 0 amide bonds. The molecule has 0 aromatic heterocycles. The smallest absolute Gasteiger partial charge is 0.161 e. The monoisotopic (exact) mass is 346 g/mol. The van der Waals surface area contributed by atoms with Gasteiger partial charge in [-0.3, -0.25) is 0 Å². The average molecular weight is 346 g/mol. The van der Waals surface area contributed by atoms with Crippen molar-refractivity contribution in [2.45, 2.75) is 18.6 Å². The number of aromatic hydroxyl groups is 2. The van der Waals surface area contributed by atoms with E-state index in [4.69, 9.17) is 14.2 Å². The maximum atomic E-state index is 10.3. The van der Waals surface area contributed by atoms with E-state index < -0.39 is 6.29 Å². The third-order valence-electron chi connectivity index (χ3n) is 4.63. The van der Waals surface area contributed by atoms with E-state index >= 15 is 0 Å². The van der Waals surface area contributed by atoms with Gasteiger partial charge in [0.25, 0.3) is 0 Å². The minimum atomic E-state index is -0.918. The molecule has 1 aliphatic heterocycles. The van der Waals surface area contributed by atoms with Gasteiger partial charge in [0.05, 0.1) is 20.8 Å². The minimum Gasteiger partial charge on any atom is -0.504 e. The maximum Gasteiger partial charge on any atom is 0.161 e. The third-order valence-corrected chi connectivity index (χ3v) is 4.63. The molecule has 0 bridgehead atoms. The molecule has 0 saturated carbocycles. The highest BCUT2D eigenvalue weighted by Crippen LogP contribution is 2.40. The second kappa shape index (κ2) is 7.21. The van der Waals surface area contributed by atoms with Crippen LogP contribution in [0.1, 0.15) is 17.0 Å². The molecule has 0 unspecified atom stereocenters. The Labute approximate surface area is 146 Å². The van der Waals surface area contributed by atoms with Gasteiger partial charge < -0.3 is 29.5 Å². The molecule has 1 fully saturated rings. The molecule has 1 heterocycles. The molecule has 3 N–H and O–H groups in total. The Morgan fingerprint density at radius 2 is 1.64 bits per heavy atom. The molecule has 2 aromatic carbocycles. The standard InChI is InChI=1S/C19H22O6/c1-23-16-8-11(3-5-14(16)20)7-13-10-25-19(22)18(13)12-4-6-15(21)17(9-12)24-2/h3-6,8-9,13,18-22H,7,10H2,1-2H3/t13-,18+,19-/m0/s1. The fourth-order valence-corrected chi connectivity index (χ4v) is 3.34. The summed E-state index contributed by atoms with van der Waals surface area (Å²) in [5.41, 5.74) is 1.82. The molecular formula is C19H22O6. The molecule has 0 aliphatic carbocycles.